The molecule has 0 spiro atoms. The lowest BCUT2D eigenvalue weighted by atomic mass is 10.2. The van der Waals surface area contributed by atoms with Gasteiger partial charge in [0.25, 0.3) is 0 Å². The van der Waals surface area contributed by atoms with Gasteiger partial charge in [-0.3, -0.25) is 0 Å². The third kappa shape index (κ3) is 5.58. The van der Waals surface area contributed by atoms with Crippen LogP contribution in [0, 0.1) is 0 Å². The molecule has 1 aromatic heterocycles. The monoisotopic (exact) mass is 242 g/mol. The summed E-state index contributed by atoms with van der Waals surface area (Å²) in [6.45, 7) is 1.85. The van der Waals surface area contributed by atoms with Crippen LogP contribution in [0.25, 0.3) is 0 Å². The first-order chi connectivity index (χ1) is 7.72. The molecule has 0 radical (unpaired) electrons. The molecule has 1 heterocycles. The quantitative estimate of drug-likeness (QED) is 0.708. The van der Waals surface area contributed by atoms with E-state index >= 15 is 0 Å². The fourth-order valence-corrected chi connectivity index (χ4v) is 2.13. The summed E-state index contributed by atoms with van der Waals surface area (Å²) in [5.74, 6) is 4.10. The predicted molar refractivity (Wildman–Crippen MR) is 70.8 cm³/mol. The summed E-state index contributed by atoms with van der Waals surface area (Å²) in [5.41, 5.74) is 5.44. The van der Waals surface area contributed by atoms with Crippen LogP contribution >= 0.6 is 11.8 Å². The normalized spacial score (nSPS) is 11.2. The molecule has 0 atom stereocenters. The van der Waals surface area contributed by atoms with Gasteiger partial charge in [0.1, 0.15) is 11.5 Å². The Morgan fingerprint density at radius 1 is 1.31 bits per heavy atom. The molecule has 16 heavy (non-hydrogen) atoms. The van der Waals surface area contributed by atoms with Gasteiger partial charge in [-0.05, 0) is 39.2 Å². The number of aryl methyl sites for hydroxylation is 1. The van der Waals surface area contributed by atoms with Crippen LogP contribution in [-0.4, -0.2) is 37.8 Å². The Kier molecular flexibility index (Phi) is 6.61. The number of nitrogens with two attached hydrogens (primary N) is 1. The molecule has 2 N–H and O–H groups in total. The number of rotatable bonds is 8. The summed E-state index contributed by atoms with van der Waals surface area (Å²) in [6, 6.07) is 4.17. The van der Waals surface area contributed by atoms with Crippen LogP contribution in [0.5, 0.6) is 0 Å². The number of nitrogens with zero attached hydrogens (tertiary/aromatic N) is 1. The molecule has 0 saturated heterocycles. The third-order valence-electron chi connectivity index (χ3n) is 2.25. The molecule has 1 aromatic rings. The fraction of sp³-hybridized carbons (Fsp3) is 0.667. The van der Waals surface area contributed by atoms with E-state index < -0.39 is 0 Å². The number of thioether (sulfide) groups is 1. The highest BCUT2D eigenvalue weighted by Gasteiger charge is 2.02. The lowest BCUT2D eigenvalue weighted by molar-refractivity contribution is 0.387. The van der Waals surface area contributed by atoms with Crippen LogP contribution in [0.2, 0.25) is 0 Å². The van der Waals surface area contributed by atoms with E-state index in [1.165, 1.54) is 0 Å². The summed E-state index contributed by atoms with van der Waals surface area (Å²) in [4.78, 5) is 2.20. The van der Waals surface area contributed by atoms with Crippen molar-refractivity contribution in [1.82, 2.24) is 4.90 Å². The van der Waals surface area contributed by atoms with E-state index in [0.717, 1.165) is 49.0 Å². The van der Waals surface area contributed by atoms with Crippen molar-refractivity contribution < 1.29 is 4.42 Å². The second kappa shape index (κ2) is 7.76. The zero-order valence-electron chi connectivity index (χ0n) is 10.2. The summed E-state index contributed by atoms with van der Waals surface area (Å²) >= 11 is 1.82. The Bertz CT molecular complexity index is 286. The molecule has 92 valence electrons. The maximum Gasteiger partial charge on any atom is 0.114 e. The van der Waals surface area contributed by atoms with Gasteiger partial charge in [0, 0.05) is 18.7 Å². The first-order valence-corrected chi connectivity index (χ1v) is 6.88. The molecule has 0 aliphatic heterocycles. The first kappa shape index (κ1) is 13.6. The smallest absolute Gasteiger partial charge is 0.114 e. The van der Waals surface area contributed by atoms with Crippen molar-refractivity contribution >= 4 is 11.8 Å². The van der Waals surface area contributed by atoms with E-state index in [9.17, 15) is 0 Å². The Morgan fingerprint density at radius 2 is 2.06 bits per heavy atom. The minimum absolute atomic E-state index is 0.737. The van der Waals surface area contributed by atoms with E-state index in [2.05, 4.69) is 31.1 Å². The minimum Gasteiger partial charge on any atom is -0.465 e. The molecule has 0 amide bonds. The van der Waals surface area contributed by atoms with E-state index in [1.54, 1.807) is 0 Å². The molecule has 0 aliphatic carbocycles. The SMILES string of the molecule is CN(C)CCCc1ccc(CSCCN)o1. The highest BCUT2D eigenvalue weighted by atomic mass is 32.2. The molecule has 4 heteroatoms. The van der Waals surface area contributed by atoms with Crippen LogP contribution in [0.1, 0.15) is 17.9 Å². The molecular formula is C12H22N2OS. The largest absolute Gasteiger partial charge is 0.465 e. The molecule has 1 rings (SSSR count). The second-order valence-electron chi connectivity index (χ2n) is 4.12. The van der Waals surface area contributed by atoms with Crippen LogP contribution in [-0.2, 0) is 12.2 Å². The van der Waals surface area contributed by atoms with Crippen LogP contribution in [0.15, 0.2) is 16.5 Å². The lowest BCUT2D eigenvalue weighted by Gasteiger charge is -2.07. The Hall–Kier alpha value is -0.450. The van der Waals surface area contributed by atoms with Crippen molar-refractivity contribution in [1.29, 1.82) is 0 Å². The lowest BCUT2D eigenvalue weighted by Crippen LogP contribution is -2.13. The van der Waals surface area contributed by atoms with Crippen molar-refractivity contribution in [3.05, 3.63) is 23.7 Å². The maximum absolute atomic E-state index is 5.73. The van der Waals surface area contributed by atoms with Crippen molar-refractivity contribution in [2.75, 3.05) is 32.9 Å². The zero-order valence-corrected chi connectivity index (χ0v) is 11.1. The van der Waals surface area contributed by atoms with Crippen LogP contribution in [0.3, 0.4) is 0 Å². The summed E-state index contributed by atoms with van der Waals surface area (Å²) in [7, 11) is 4.19. The van der Waals surface area contributed by atoms with E-state index in [1.807, 2.05) is 11.8 Å². The number of furan rings is 1. The van der Waals surface area contributed by atoms with E-state index in [0.29, 0.717) is 0 Å². The maximum atomic E-state index is 5.73. The predicted octanol–water partition coefficient (Wildman–Crippen LogP) is 1.97. The highest BCUT2D eigenvalue weighted by molar-refractivity contribution is 7.98. The molecule has 0 unspecified atom stereocenters. The van der Waals surface area contributed by atoms with Crippen molar-refractivity contribution in [2.45, 2.75) is 18.6 Å². The third-order valence-corrected chi connectivity index (χ3v) is 3.27. The van der Waals surface area contributed by atoms with E-state index in [4.69, 9.17) is 10.2 Å². The van der Waals surface area contributed by atoms with Crippen LogP contribution < -0.4 is 5.73 Å². The second-order valence-corrected chi connectivity index (χ2v) is 5.22. The molecular weight excluding hydrogens is 220 g/mol. The first-order valence-electron chi connectivity index (χ1n) is 5.72. The van der Waals surface area contributed by atoms with E-state index in [-0.39, 0.29) is 0 Å². The standard InChI is InChI=1S/C12H22N2OS/c1-14(2)8-3-4-11-5-6-12(15-11)10-16-9-7-13/h5-6H,3-4,7-10,13H2,1-2H3. The Balaban J connectivity index is 2.22. The molecule has 0 aliphatic rings. The summed E-state index contributed by atoms with van der Waals surface area (Å²) < 4.78 is 5.73. The van der Waals surface area contributed by atoms with Gasteiger partial charge in [-0.15, -0.1) is 0 Å². The van der Waals surface area contributed by atoms with Gasteiger partial charge in [-0.2, -0.15) is 11.8 Å². The summed E-state index contributed by atoms with van der Waals surface area (Å²) in [6.07, 6.45) is 2.18. The highest BCUT2D eigenvalue weighted by Crippen LogP contribution is 2.16. The topological polar surface area (TPSA) is 42.4 Å². The number of hydrogen-bond acceptors (Lipinski definition) is 4. The van der Waals surface area contributed by atoms with Gasteiger partial charge in [0.15, 0.2) is 0 Å². The number of hydrogen-bond donors (Lipinski definition) is 1. The van der Waals surface area contributed by atoms with Gasteiger partial charge >= 0.3 is 0 Å². The Morgan fingerprint density at radius 3 is 2.75 bits per heavy atom. The molecule has 0 aromatic carbocycles. The summed E-state index contributed by atoms with van der Waals surface area (Å²) in [5, 5.41) is 0. The van der Waals surface area contributed by atoms with Gasteiger partial charge in [-0.25, -0.2) is 0 Å². The molecule has 0 bridgehead atoms. The molecule has 0 fully saturated rings. The van der Waals surface area contributed by atoms with Crippen molar-refractivity contribution in [3.63, 3.8) is 0 Å². The van der Waals surface area contributed by atoms with Crippen molar-refractivity contribution in [3.8, 4) is 0 Å². The average Bonchev–Trinajstić information content (AvgIpc) is 2.66. The van der Waals surface area contributed by atoms with Gasteiger partial charge in [-0.1, -0.05) is 0 Å². The molecule has 0 saturated carbocycles. The molecule has 3 nitrogen and oxygen atoms in total. The van der Waals surface area contributed by atoms with Gasteiger partial charge < -0.3 is 15.1 Å². The zero-order chi connectivity index (χ0) is 11.8. The van der Waals surface area contributed by atoms with Gasteiger partial charge in [0.05, 0.1) is 5.75 Å². The van der Waals surface area contributed by atoms with Gasteiger partial charge in [0.2, 0.25) is 0 Å². The fourth-order valence-electron chi connectivity index (χ4n) is 1.46. The average molecular weight is 242 g/mol. The van der Waals surface area contributed by atoms with Crippen LogP contribution in [0.4, 0.5) is 0 Å². The van der Waals surface area contributed by atoms with Crippen molar-refractivity contribution in [2.24, 2.45) is 5.73 Å². The minimum atomic E-state index is 0.737. The Labute approximate surface area is 102 Å².